The minimum absolute atomic E-state index is 0.0378. The zero-order valence-corrected chi connectivity index (χ0v) is 9.74. The highest BCUT2D eigenvalue weighted by atomic mass is 16.5. The van der Waals surface area contributed by atoms with Crippen LogP contribution in [0.2, 0.25) is 0 Å². The lowest BCUT2D eigenvalue weighted by Crippen LogP contribution is -2.43. The van der Waals surface area contributed by atoms with Crippen molar-refractivity contribution in [2.45, 2.75) is 18.9 Å². The van der Waals surface area contributed by atoms with E-state index in [2.05, 4.69) is 17.2 Å². The van der Waals surface area contributed by atoms with E-state index in [1.54, 1.807) is 0 Å². The number of carbonyl (C=O) groups is 2. The summed E-state index contributed by atoms with van der Waals surface area (Å²) in [6.07, 6.45) is 3.25. The highest BCUT2D eigenvalue weighted by Gasteiger charge is 2.18. The molecule has 1 aliphatic rings. The van der Waals surface area contributed by atoms with Gasteiger partial charge in [0.25, 0.3) is 0 Å². The first-order valence-electron chi connectivity index (χ1n) is 5.64. The normalized spacial score (nSPS) is 18.5. The third-order valence-corrected chi connectivity index (χ3v) is 2.34. The molecule has 1 heterocycles. The lowest BCUT2D eigenvalue weighted by atomic mass is 10.2. The Morgan fingerprint density at radius 1 is 1.41 bits per heavy atom. The van der Waals surface area contributed by atoms with E-state index in [4.69, 9.17) is 9.47 Å². The van der Waals surface area contributed by atoms with Crippen LogP contribution >= 0.6 is 0 Å². The van der Waals surface area contributed by atoms with E-state index in [0.717, 1.165) is 19.4 Å². The van der Waals surface area contributed by atoms with Crippen molar-refractivity contribution in [2.75, 3.05) is 26.3 Å². The largest absolute Gasteiger partial charge is 0.500 e. The average molecular weight is 242 g/mol. The van der Waals surface area contributed by atoms with Crippen LogP contribution in [0.25, 0.3) is 0 Å². The highest BCUT2D eigenvalue weighted by molar-refractivity contribution is 6.35. The van der Waals surface area contributed by atoms with Gasteiger partial charge in [-0.3, -0.25) is 9.59 Å². The molecule has 2 N–H and O–H groups in total. The van der Waals surface area contributed by atoms with Gasteiger partial charge in [-0.15, -0.1) is 0 Å². The van der Waals surface area contributed by atoms with E-state index >= 15 is 0 Å². The summed E-state index contributed by atoms with van der Waals surface area (Å²) in [6, 6.07) is 0. The molecule has 1 rings (SSSR count). The van der Waals surface area contributed by atoms with Gasteiger partial charge < -0.3 is 20.1 Å². The molecule has 1 unspecified atom stereocenters. The highest BCUT2D eigenvalue weighted by Crippen LogP contribution is 2.10. The maximum absolute atomic E-state index is 11.3. The summed E-state index contributed by atoms with van der Waals surface area (Å²) in [5.41, 5.74) is 0. The summed E-state index contributed by atoms with van der Waals surface area (Å²) in [5, 5.41) is 4.96. The summed E-state index contributed by atoms with van der Waals surface area (Å²) in [7, 11) is 0. The van der Waals surface area contributed by atoms with Crippen LogP contribution in [0.3, 0.4) is 0 Å². The van der Waals surface area contributed by atoms with Gasteiger partial charge in [0.1, 0.15) is 6.61 Å². The van der Waals surface area contributed by atoms with Gasteiger partial charge in [0.05, 0.1) is 18.9 Å². The topological polar surface area (TPSA) is 76.7 Å². The minimum atomic E-state index is -0.657. The second-order valence-electron chi connectivity index (χ2n) is 3.64. The number of amides is 2. The van der Waals surface area contributed by atoms with Gasteiger partial charge in [-0.1, -0.05) is 6.58 Å². The molecule has 2 amide bonds. The first-order chi connectivity index (χ1) is 8.24. The van der Waals surface area contributed by atoms with Crippen molar-refractivity contribution in [3.8, 4) is 0 Å². The summed E-state index contributed by atoms with van der Waals surface area (Å²) >= 11 is 0. The first-order valence-corrected chi connectivity index (χ1v) is 5.64. The smallest absolute Gasteiger partial charge is 0.309 e. The molecule has 17 heavy (non-hydrogen) atoms. The Balaban J connectivity index is 2.08. The fourth-order valence-electron chi connectivity index (χ4n) is 1.48. The second kappa shape index (κ2) is 7.67. The molecule has 6 heteroatoms. The number of carbonyl (C=O) groups excluding carboxylic acids is 2. The van der Waals surface area contributed by atoms with Gasteiger partial charge in [0.15, 0.2) is 0 Å². The third kappa shape index (κ3) is 5.35. The van der Waals surface area contributed by atoms with E-state index in [9.17, 15) is 9.59 Å². The van der Waals surface area contributed by atoms with Crippen LogP contribution in [0, 0.1) is 0 Å². The summed E-state index contributed by atoms with van der Waals surface area (Å²) in [6.45, 7) is 5.05. The Bertz CT molecular complexity index is 275. The summed E-state index contributed by atoms with van der Waals surface area (Å²) in [4.78, 5) is 22.6. The SMILES string of the molecule is C=COCCNC(=O)C(=O)NCC1CCCO1. The third-order valence-electron chi connectivity index (χ3n) is 2.34. The van der Waals surface area contributed by atoms with E-state index in [1.807, 2.05) is 0 Å². The molecular weight excluding hydrogens is 224 g/mol. The number of rotatable bonds is 6. The molecule has 0 aliphatic carbocycles. The molecule has 1 atom stereocenters. The number of hydrogen-bond acceptors (Lipinski definition) is 4. The van der Waals surface area contributed by atoms with E-state index in [0.29, 0.717) is 13.2 Å². The van der Waals surface area contributed by atoms with Crippen molar-refractivity contribution >= 4 is 11.8 Å². The molecule has 0 radical (unpaired) electrons. The van der Waals surface area contributed by atoms with Crippen molar-refractivity contribution in [3.05, 3.63) is 12.8 Å². The molecular formula is C11H18N2O4. The lowest BCUT2D eigenvalue weighted by Gasteiger charge is -2.10. The average Bonchev–Trinajstić information content (AvgIpc) is 2.84. The number of ether oxygens (including phenoxy) is 2. The molecule has 6 nitrogen and oxygen atoms in total. The van der Waals surface area contributed by atoms with E-state index in [-0.39, 0.29) is 12.6 Å². The molecule has 0 aromatic heterocycles. The molecule has 0 spiro atoms. The molecule has 0 bridgehead atoms. The maximum atomic E-state index is 11.3. The fraction of sp³-hybridized carbons (Fsp3) is 0.636. The van der Waals surface area contributed by atoms with Gasteiger partial charge in [-0.05, 0) is 12.8 Å². The zero-order valence-electron chi connectivity index (χ0n) is 9.74. The standard InChI is InChI=1S/C11H18N2O4/c1-2-16-7-5-12-10(14)11(15)13-8-9-4-3-6-17-9/h2,9H,1,3-8H2,(H,12,14)(H,13,15). The Labute approximate surface area is 100 Å². The van der Waals surface area contributed by atoms with Crippen molar-refractivity contribution in [3.63, 3.8) is 0 Å². The molecule has 0 saturated carbocycles. The van der Waals surface area contributed by atoms with Crippen molar-refractivity contribution in [1.82, 2.24) is 10.6 Å². The quantitative estimate of drug-likeness (QED) is 0.376. The van der Waals surface area contributed by atoms with Gasteiger partial charge in [-0.25, -0.2) is 0 Å². The second-order valence-corrected chi connectivity index (χ2v) is 3.64. The Morgan fingerprint density at radius 3 is 2.82 bits per heavy atom. The van der Waals surface area contributed by atoms with Gasteiger partial charge in [0, 0.05) is 13.2 Å². The maximum Gasteiger partial charge on any atom is 0.309 e. The van der Waals surface area contributed by atoms with Crippen molar-refractivity contribution in [1.29, 1.82) is 0 Å². The molecule has 1 aliphatic heterocycles. The minimum Gasteiger partial charge on any atom is -0.500 e. The molecule has 0 aromatic rings. The lowest BCUT2D eigenvalue weighted by molar-refractivity contribution is -0.139. The van der Waals surface area contributed by atoms with Gasteiger partial charge in [-0.2, -0.15) is 0 Å². The van der Waals surface area contributed by atoms with Crippen LogP contribution in [0.4, 0.5) is 0 Å². The monoisotopic (exact) mass is 242 g/mol. The van der Waals surface area contributed by atoms with E-state index < -0.39 is 11.8 Å². The van der Waals surface area contributed by atoms with E-state index in [1.165, 1.54) is 6.26 Å². The van der Waals surface area contributed by atoms with Crippen LogP contribution in [-0.2, 0) is 19.1 Å². The fourth-order valence-corrected chi connectivity index (χ4v) is 1.48. The Hall–Kier alpha value is -1.56. The van der Waals surface area contributed by atoms with Crippen LogP contribution in [-0.4, -0.2) is 44.2 Å². The number of nitrogens with one attached hydrogen (secondary N) is 2. The molecule has 96 valence electrons. The van der Waals surface area contributed by atoms with Crippen LogP contribution in [0.1, 0.15) is 12.8 Å². The first kappa shape index (κ1) is 13.5. The Kier molecular flexibility index (Phi) is 6.09. The van der Waals surface area contributed by atoms with Crippen LogP contribution in [0.15, 0.2) is 12.8 Å². The van der Waals surface area contributed by atoms with Gasteiger partial charge >= 0.3 is 11.8 Å². The van der Waals surface area contributed by atoms with Crippen molar-refractivity contribution < 1.29 is 19.1 Å². The summed E-state index contributed by atoms with van der Waals surface area (Å²) < 4.78 is 10.1. The molecule has 0 aromatic carbocycles. The zero-order chi connectivity index (χ0) is 12.5. The Morgan fingerprint density at radius 2 is 2.18 bits per heavy atom. The molecule has 1 fully saturated rings. The number of hydrogen-bond donors (Lipinski definition) is 2. The van der Waals surface area contributed by atoms with Gasteiger partial charge in [0.2, 0.25) is 0 Å². The van der Waals surface area contributed by atoms with Crippen LogP contribution < -0.4 is 10.6 Å². The summed E-state index contributed by atoms with van der Waals surface area (Å²) in [5.74, 6) is -1.30. The van der Waals surface area contributed by atoms with Crippen LogP contribution in [0.5, 0.6) is 0 Å². The van der Waals surface area contributed by atoms with Crippen molar-refractivity contribution in [2.24, 2.45) is 0 Å². The predicted molar refractivity (Wildman–Crippen MR) is 61.1 cm³/mol. The molecule has 1 saturated heterocycles. The predicted octanol–water partition coefficient (Wildman–Crippen LogP) is -0.442.